The van der Waals surface area contributed by atoms with Crippen molar-refractivity contribution in [1.29, 1.82) is 5.26 Å². The number of rotatable bonds is 8. The number of hydrogen-bond acceptors (Lipinski definition) is 5. The molecule has 7 nitrogen and oxygen atoms in total. The summed E-state index contributed by atoms with van der Waals surface area (Å²) >= 11 is 0. The summed E-state index contributed by atoms with van der Waals surface area (Å²) in [6.07, 6.45) is 0.103. The number of nitriles is 1. The van der Waals surface area contributed by atoms with Crippen LogP contribution in [0.15, 0.2) is 18.2 Å². The van der Waals surface area contributed by atoms with Gasteiger partial charge in [-0.15, -0.1) is 0 Å². The van der Waals surface area contributed by atoms with Crippen molar-refractivity contribution in [2.45, 2.75) is 19.3 Å². The van der Waals surface area contributed by atoms with E-state index in [-0.39, 0.29) is 17.9 Å². The van der Waals surface area contributed by atoms with E-state index in [4.69, 9.17) is 15.1 Å². The second-order valence-electron chi connectivity index (χ2n) is 4.27. The molecule has 1 aromatic carbocycles. The van der Waals surface area contributed by atoms with Crippen molar-refractivity contribution in [3.63, 3.8) is 0 Å². The summed E-state index contributed by atoms with van der Waals surface area (Å²) in [6.45, 7) is 0.247. The van der Waals surface area contributed by atoms with Gasteiger partial charge in [-0.05, 0) is 12.5 Å². The van der Waals surface area contributed by atoms with E-state index < -0.39 is 24.0 Å². The summed E-state index contributed by atoms with van der Waals surface area (Å²) in [5.41, 5.74) is 4.34. The van der Waals surface area contributed by atoms with Crippen LogP contribution in [0.2, 0.25) is 0 Å². The molecule has 0 aliphatic rings. The Morgan fingerprint density at radius 1 is 1.33 bits per heavy atom. The van der Waals surface area contributed by atoms with Gasteiger partial charge in [0.1, 0.15) is 11.4 Å². The third-order valence-corrected chi connectivity index (χ3v) is 2.59. The van der Waals surface area contributed by atoms with Crippen molar-refractivity contribution in [1.82, 2.24) is 0 Å². The van der Waals surface area contributed by atoms with Crippen LogP contribution in [0.3, 0.4) is 0 Å². The number of carbonyl (C=O) groups excluding carboxylic acids is 2. The summed E-state index contributed by atoms with van der Waals surface area (Å²) in [7, 11) is 0. The van der Waals surface area contributed by atoms with Crippen LogP contribution in [0.1, 0.15) is 29.6 Å². The number of Topliss-reactive ketones (excluding diaryl/α,β-unsaturated/α-hetero) is 2. The zero-order valence-electron chi connectivity index (χ0n) is 11.3. The summed E-state index contributed by atoms with van der Waals surface area (Å²) in [4.78, 5) is 33.6. The van der Waals surface area contributed by atoms with Crippen LogP contribution in [-0.2, 0) is 9.59 Å². The maximum absolute atomic E-state index is 12.0. The van der Waals surface area contributed by atoms with E-state index in [2.05, 4.69) is 5.73 Å². The van der Waals surface area contributed by atoms with Gasteiger partial charge in [-0.1, -0.05) is 0 Å². The molecule has 0 radical (unpaired) electrons. The number of benzene rings is 1. The van der Waals surface area contributed by atoms with Crippen molar-refractivity contribution in [2.24, 2.45) is 0 Å². The lowest BCUT2D eigenvalue weighted by Crippen LogP contribution is -2.40. The largest absolute Gasteiger partial charge is 0.493 e. The average molecular weight is 291 g/mol. The molecule has 0 bridgehead atoms. The van der Waals surface area contributed by atoms with Crippen LogP contribution in [0, 0.1) is 11.3 Å². The van der Waals surface area contributed by atoms with Crippen LogP contribution in [0.5, 0.6) is 5.75 Å². The summed E-state index contributed by atoms with van der Waals surface area (Å²) in [5, 5.41) is 17.0. The van der Waals surface area contributed by atoms with Gasteiger partial charge in [-0.2, -0.15) is 5.26 Å². The third kappa shape index (κ3) is 5.04. The molecule has 110 valence electrons. The number of nitrogens with zero attached hydrogens (tertiary/aromatic N) is 1. The predicted octanol–water partition coefficient (Wildman–Crippen LogP) is 0.469. The Balaban J connectivity index is 2.86. The molecule has 0 fully saturated rings. The molecule has 0 saturated carbocycles. The molecule has 0 aliphatic heterocycles. The lowest BCUT2D eigenvalue weighted by atomic mass is 10.0. The first kappa shape index (κ1) is 16.3. The van der Waals surface area contributed by atoms with Gasteiger partial charge in [0.15, 0.2) is 5.78 Å². The molecule has 0 unspecified atom stereocenters. The quantitative estimate of drug-likeness (QED) is 0.309. The Morgan fingerprint density at radius 3 is 2.67 bits per heavy atom. The molecule has 0 atom stereocenters. The molecule has 1 rings (SSSR count). The van der Waals surface area contributed by atoms with Gasteiger partial charge in [0.25, 0.3) is 0 Å². The first-order chi connectivity index (χ1) is 9.95. The lowest BCUT2D eigenvalue weighted by Gasteiger charge is -2.09. The third-order valence-electron chi connectivity index (χ3n) is 2.59. The Morgan fingerprint density at radius 2 is 2.05 bits per heavy atom. The van der Waals surface area contributed by atoms with Gasteiger partial charge in [-0.3, -0.25) is 9.59 Å². The van der Waals surface area contributed by atoms with E-state index in [1.165, 1.54) is 12.1 Å². The van der Waals surface area contributed by atoms with Crippen LogP contribution in [0.25, 0.3) is 0 Å². The van der Waals surface area contributed by atoms with Gasteiger partial charge in [0.05, 0.1) is 24.7 Å². The second kappa shape index (κ2) is 7.77. The van der Waals surface area contributed by atoms with Crippen molar-refractivity contribution >= 4 is 23.2 Å². The van der Waals surface area contributed by atoms with Crippen LogP contribution < -0.4 is 10.5 Å². The number of carboxylic acid groups (broad SMARTS) is 1. The number of unbranched alkanes of at least 4 members (excludes halogenated alkanes) is 1. The molecule has 4 N–H and O–H groups in total. The highest BCUT2D eigenvalue weighted by Gasteiger charge is 2.21. The number of carboxylic acids is 1. The SMILES string of the molecule is N#CCCCOc1ccc([NH3+])cc1C(=O)CC(=O)C(=O)O. The first-order valence-electron chi connectivity index (χ1n) is 6.20. The standard InChI is InChI=1S/C14H14N2O5/c15-5-1-2-6-21-13-4-3-9(16)7-10(13)11(17)8-12(18)14(19)20/h3-4,7H,1-2,6,8,16H2,(H,19,20)/p+1. The van der Waals surface area contributed by atoms with E-state index in [9.17, 15) is 14.4 Å². The minimum absolute atomic E-state index is 0.119. The Hall–Kier alpha value is -2.72. The number of aliphatic carboxylic acids is 1. The second-order valence-corrected chi connectivity index (χ2v) is 4.27. The van der Waals surface area contributed by atoms with Gasteiger partial charge in [0, 0.05) is 18.6 Å². The van der Waals surface area contributed by atoms with E-state index in [1.807, 2.05) is 6.07 Å². The van der Waals surface area contributed by atoms with Gasteiger partial charge in [0.2, 0.25) is 5.78 Å². The Bertz CT molecular complexity index is 604. The molecule has 0 aromatic heterocycles. The van der Waals surface area contributed by atoms with Crippen molar-refractivity contribution < 1.29 is 30.0 Å². The summed E-state index contributed by atoms with van der Waals surface area (Å²) < 4.78 is 5.40. The predicted molar refractivity (Wildman–Crippen MR) is 70.9 cm³/mol. The number of ether oxygens (including phenoxy) is 1. The molecule has 0 aliphatic carbocycles. The van der Waals surface area contributed by atoms with Crippen molar-refractivity contribution in [3.05, 3.63) is 23.8 Å². The highest BCUT2D eigenvalue weighted by atomic mass is 16.5. The molecule has 0 amide bonds. The zero-order valence-corrected chi connectivity index (χ0v) is 11.3. The van der Waals surface area contributed by atoms with Gasteiger partial charge < -0.3 is 15.6 Å². The summed E-state index contributed by atoms with van der Waals surface area (Å²) in [5.74, 6) is -3.21. The van der Waals surface area contributed by atoms with Gasteiger partial charge in [-0.25, -0.2) is 4.79 Å². The number of ketones is 2. The lowest BCUT2D eigenvalue weighted by molar-refractivity contribution is -0.254. The van der Waals surface area contributed by atoms with Crippen molar-refractivity contribution in [3.8, 4) is 11.8 Å². The summed E-state index contributed by atoms with van der Waals surface area (Å²) in [6, 6.07) is 6.58. The smallest absolute Gasteiger partial charge is 0.372 e. The Labute approximate surface area is 120 Å². The fraction of sp³-hybridized carbons (Fsp3) is 0.286. The maximum atomic E-state index is 12.0. The van der Waals surface area contributed by atoms with Gasteiger partial charge >= 0.3 is 5.97 Å². The van der Waals surface area contributed by atoms with Crippen LogP contribution >= 0.6 is 0 Å². The molecule has 21 heavy (non-hydrogen) atoms. The van der Waals surface area contributed by atoms with Crippen LogP contribution in [0.4, 0.5) is 5.69 Å². The Kier molecular flexibility index (Phi) is 6.04. The highest BCUT2D eigenvalue weighted by molar-refractivity contribution is 6.37. The molecular formula is C14H15N2O5+. The van der Waals surface area contributed by atoms with E-state index in [0.29, 0.717) is 18.5 Å². The molecule has 0 spiro atoms. The maximum Gasteiger partial charge on any atom is 0.372 e. The number of quaternary nitrogens is 1. The molecular weight excluding hydrogens is 276 g/mol. The van der Waals surface area contributed by atoms with E-state index in [0.717, 1.165) is 0 Å². The minimum Gasteiger partial charge on any atom is -0.493 e. The normalized spacial score (nSPS) is 9.71. The highest BCUT2D eigenvalue weighted by Crippen LogP contribution is 2.23. The average Bonchev–Trinajstić information content (AvgIpc) is 2.44. The molecule has 1 aromatic rings. The zero-order chi connectivity index (χ0) is 15.8. The van der Waals surface area contributed by atoms with E-state index >= 15 is 0 Å². The minimum atomic E-state index is -1.65. The number of hydrogen-bond donors (Lipinski definition) is 2. The van der Waals surface area contributed by atoms with E-state index in [1.54, 1.807) is 6.07 Å². The number of carbonyl (C=O) groups is 3. The monoisotopic (exact) mass is 291 g/mol. The fourth-order valence-electron chi connectivity index (χ4n) is 1.57. The van der Waals surface area contributed by atoms with Crippen LogP contribution in [-0.4, -0.2) is 29.2 Å². The van der Waals surface area contributed by atoms with Crippen molar-refractivity contribution in [2.75, 3.05) is 6.61 Å². The topological polar surface area (TPSA) is 132 Å². The first-order valence-corrected chi connectivity index (χ1v) is 6.20. The molecule has 0 saturated heterocycles. The molecule has 0 heterocycles. The fourth-order valence-corrected chi connectivity index (χ4v) is 1.57. The molecule has 7 heteroatoms.